The summed E-state index contributed by atoms with van der Waals surface area (Å²) in [7, 11) is 0. The summed E-state index contributed by atoms with van der Waals surface area (Å²) >= 11 is 1.76. The number of benzene rings is 1. The largest absolute Gasteiger partial charge is 0.490 e. The van der Waals surface area contributed by atoms with Gasteiger partial charge in [-0.2, -0.15) is 5.10 Å². The summed E-state index contributed by atoms with van der Waals surface area (Å²) in [5.41, 5.74) is 5.45. The van der Waals surface area contributed by atoms with Crippen molar-refractivity contribution in [2.75, 3.05) is 6.61 Å². The molecule has 20 heavy (non-hydrogen) atoms. The standard InChI is InChI=1S/C16H16N2OS/c1-2-9-19-13-7-5-12(6-8-13)14-11-15(18-17-14)16-4-3-10-20-16/h2-8,10,15,18H,1,9,11H2. The van der Waals surface area contributed by atoms with E-state index in [1.807, 2.05) is 12.1 Å². The Balaban J connectivity index is 1.67. The van der Waals surface area contributed by atoms with Crippen LogP contribution in [0.5, 0.6) is 5.75 Å². The number of ether oxygens (including phenoxy) is 1. The van der Waals surface area contributed by atoms with E-state index >= 15 is 0 Å². The van der Waals surface area contributed by atoms with Gasteiger partial charge in [-0.1, -0.05) is 18.7 Å². The smallest absolute Gasteiger partial charge is 0.119 e. The van der Waals surface area contributed by atoms with Gasteiger partial charge in [0.1, 0.15) is 12.4 Å². The molecule has 1 aromatic carbocycles. The Hall–Kier alpha value is -2.07. The highest BCUT2D eigenvalue weighted by Gasteiger charge is 2.21. The first-order valence-corrected chi connectivity index (χ1v) is 7.44. The average molecular weight is 284 g/mol. The SMILES string of the molecule is C=CCOc1ccc(C2=NNC(c3cccs3)C2)cc1. The highest BCUT2D eigenvalue weighted by molar-refractivity contribution is 7.10. The van der Waals surface area contributed by atoms with Crippen LogP contribution in [-0.2, 0) is 0 Å². The molecule has 2 heterocycles. The number of hydrazone groups is 1. The van der Waals surface area contributed by atoms with Crippen molar-refractivity contribution in [2.24, 2.45) is 5.10 Å². The Labute approximate surface area is 122 Å². The molecule has 0 fully saturated rings. The fraction of sp³-hybridized carbons (Fsp3) is 0.188. The molecular formula is C16H16N2OS. The molecule has 0 radical (unpaired) electrons. The minimum atomic E-state index is 0.307. The molecule has 0 saturated heterocycles. The van der Waals surface area contributed by atoms with Gasteiger partial charge >= 0.3 is 0 Å². The summed E-state index contributed by atoms with van der Waals surface area (Å²) in [4.78, 5) is 1.33. The molecular weight excluding hydrogens is 268 g/mol. The van der Waals surface area contributed by atoms with Crippen molar-refractivity contribution in [2.45, 2.75) is 12.5 Å². The first-order chi connectivity index (χ1) is 9.86. The fourth-order valence-corrected chi connectivity index (χ4v) is 2.95. The molecule has 4 heteroatoms. The summed E-state index contributed by atoms with van der Waals surface area (Å²) < 4.78 is 5.48. The molecule has 0 saturated carbocycles. The zero-order valence-electron chi connectivity index (χ0n) is 11.1. The average Bonchev–Trinajstić information content (AvgIpc) is 3.16. The summed E-state index contributed by atoms with van der Waals surface area (Å²) in [6.07, 6.45) is 2.66. The Morgan fingerprint density at radius 2 is 2.20 bits per heavy atom. The maximum atomic E-state index is 5.48. The molecule has 1 unspecified atom stereocenters. The van der Waals surface area contributed by atoms with Crippen LogP contribution in [0.1, 0.15) is 22.9 Å². The first-order valence-electron chi connectivity index (χ1n) is 6.56. The van der Waals surface area contributed by atoms with Gasteiger partial charge in [-0.3, -0.25) is 0 Å². The van der Waals surface area contributed by atoms with Crippen molar-refractivity contribution in [3.63, 3.8) is 0 Å². The summed E-state index contributed by atoms with van der Waals surface area (Å²) in [6, 6.07) is 12.6. The molecule has 3 rings (SSSR count). The molecule has 102 valence electrons. The number of nitrogens with one attached hydrogen (secondary N) is 1. The van der Waals surface area contributed by atoms with Crippen molar-refractivity contribution >= 4 is 17.0 Å². The minimum absolute atomic E-state index is 0.307. The van der Waals surface area contributed by atoms with Crippen LogP contribution in [0.4, 0.5) is 0 Å². The van der Waals surface area contributed by atoms with E-state index in [1.165, 1.54) is 4.88 Å². The predicted octanol–water partition coefficient (Wildman–Crippen LogP) is 3.75. The molecule has 1 atom stereocenters. The molecule has 0 bridgehead atoms. The van der Waals surface area contributed by atoms with Gasteiger partial charge in [-0.15, -0.1) is 11.3 Å². The van der Waals surface area contributed by atoms with Crippen molar-refractivity contribution < 1.29 is 4.74 Å². The van der Waals surface area contributed by atoms with Crippen LogP contribution in [0.25, 0.3) is 0 Å². The molecule has 0 spiro atoms. The number of nitrogens with zero attached hydrogens (tertiary/aromatic N) is 1. The summed E-state index contributed by atoms with van der Waals surface area (Å²) in [5.74, 6) is 0.856. The van der Waals surface area contributed by atoms with Crippen molar-refractivity contribution in [1.29, 1.82) is 0 Å². The van der Waals surface area contributed by atoms with E-state index in [9.17, 15) is 0 Å². The van der Waals surface area contributed by atoms with Crippen LogP contribution in [-0.4, -0.2) is 12.3 Å². The molecule has 2 aromatic rings. The number of hydrogen-bond acceptors (Lipinski definition) is 4. The van der Waals surface area contributed by atoms with Gasteiger partial charge in [0.2, 0.25) is 0 Å². The fourth-order valence-electron chi connectivity index (χ4n) is 2.18. The summed E-state index contributed by atoms with van der Waals surface area (Å²) in [5, 5.41) is 6.55. The van der Waals surface area contributed by atoms with Crippen LogP contribution < -0.4 is 10.2 Å². The van der Waals surface area contributed by atoms with Gasteiger partial charge in [0.05, 0.1) is 11.8 Å². The van der Waals surface area contributed by atoms with E-state index in [1.54, 1.807) is 17.4 Å². The number of thiophene rings is 1. The topological polar surface area (TPSA) is 33.6 Å². The third kappa shape index (κ3) is 2.75. The predicted molar refractivity (Wildman–Crippen MR) is 83.5 cm³/mol. The van der Waals surface area contributed by atoms with E-state index in [4.69, 9.17) is 4.74 Å². The lowest BCUT2D eigenvalue weighted by atomic mass is 10.0. The van der Waals surface area contributed by atoms with E-state index in [0.717, 1.165) is 23.4 Å². The van der Waals surface area contributed by atoms with Crippen LogP contribution in [0.3, 0.4) is 0 Å². The van der Waals surface area contributed by atoms with Crippen LogP contribution in [0, 0.1) is 0 Å². The Kier molecular flexibility index (Phi) is 3.83. The summed E-state index contributed by atoms with van der Waals surface area (Å²) in [6.45, 7) is 4.17. The monoisotopic (exact) mass is 284 g/mol. The quantitative estimate of drug-likeness (QED) is 0.848. The number of rotatable bonds is 5. The highest BCUT2D eigenvalue weighted by atomic mass is 32.1. The van der Waals surface area contributed by atoms with Gasteiger partial charge < -0.3 is 10.2 Å². The zero-order chi connectivity index (χ0) is 13.8. The number of hydrogen-bond donors (Lipinski definition) is 1. The lowest BCUT2D eigenvalue weighted by Crippen LogP contribution is -2.07. The van der Waals surface area contributed by atoms with E-state index in [0.29, 0.717) is 12.6 Å². The van der Waals surface area contributed by atoms with E-state index in [-0.39, 0.29) is 0 Å². The maximum Gasteiger partial charge on any atom is 0.119 e. The highest BCUT2D eigenvalue weighted by Crippen LogP contribution is 2.28. The van der Waals surface area contributed by atoms with Gasteiger partial charge in [-0.05, 0) is 41.3 Å². The second-order valence-electron chi connectivity index (χ2n) is 4.58. The van der Waals surface area contributed by atoms with Crippen molar-refractivity contribution in [1.82, 2.24) is 5.43 Å². The van der Waals surface area contributed by atoms with Gasteiger partial charge in [0, 0.05) is 11.3 Å². The van der Waals surface area contributed by atoms with Crippen LogP contribution in [0.2, 0.25) is 0 Å². The van der Waals surface area contributed by atoms with E-state index in [2.05, 4.69) is 46.8 Å². The van der Waals surface area contributed by atoms with Gasteiger partial charge in [0.15, 0.2) is 0 Å². The lowest BCUT2D eigenvalue weighted by Gasteiger charge is -2.07. The molecule has 1 aliphatic heterocycles. The molecule has 1 aliphatic rings. The van der Waals surface area contributed by atoms with Gasteiger partial charge in [0.25, 0.3) is 0 Å². The Morgan fingerprint density at radius 1 is 1.35 bits per heavy atom. The van der Waals surface area contributed by atoms with Crippen LogP contribution >= 0.6 is 11.3 Å². The molecule has 0 aliphatic carbocycles. The molecule has 0 amide bonds. The molecule has 1 aromatic heterocycles. The molecule has 1 N–H and O–H groups in total. The Morgan fingerprint density at radius 3 is 2.90 bits per heavy atom. The van der Waals surface area contributed by atoms with E-state index < -0.39 is 0 Å². The maximum absolute atomic E-state index is 5.48. The zero-order valence-corrected chi connectivity index (χ0v) is 11.9. The molecule has 3 nitrogen and oxygen atoms in total. The van der Waals surface area contributed by atoms with Gasteiger partial charge in [-0.25, -0.2) is 0 Å². The van der Waals surface area contributed by atoms with Crippen LogP contribution in [0.15, 0.2) is 59.5 Å². The minimum Gasteiger partial charge on any atom is -0.490 e. The lowest BCUT2D eigenvalue weighted by molar-refractivity contribution is 0.363. The third-order valence-corrected chi connectivity index (χ3v) is 4.18. The van der Waals surface area contributed by atoms with Crippen molar-refractivity contribution in [3.8, 4) is 5.75 Å². The van der Waals surface area contributed by atoms with Crippen molar-refractivity contribution in [3.05, 3.63) is 64.9 Å². The first kappa shape index (κ1) is 12.9. The second-order valence-corrected chi connectivity index (χ2v) is 5.56. The normalized spacial score (nSPS) is 17.4. The Bertz CT molecular complexity index is 602. The third-order valence-electron chi connectivity index (χ3n) is 3.19. The second kappa shape index (κ2) is 5.92.